The zero-order chi connectivity index (χ0) is 23.4. The number of amides is 3. The monoisotopic (exact) mass is 481 g/mol. The molecule has 1 saturated carbocycles. The van der Waals surface area contributed by atoms with Crippen LogP contribution in [0.25, 0.3) is 0 Å². The largest absolute Gasteiger partial charge is 0.395 e. The lowest BCUT2D eigenvalue weighted by Crippen LogP contribution is -2.51. The van der Waals surface area contributed by atoms with Crippen molar-refractivity contribution in [1.29, 1.82) is 0 Å². The van der Waals surface area contributed by atoms with Crippen molar-refractivity contribution in [3.8, 4) is 0 Å². The van der Waals surface area contributed by atoms with E-state index in [0.717, 1.165) is 43.3 Å². The Kier molecular flexibility index (Phi) is 7.68. The third-order valence-corrected chi connectivity index (χ3v) is 6.57. The highest BCUT2D eigenvalue weighted by Crippen LogP contribution is 2.31. The predicted octanol–water partition coefficient (Wildman–Crippen LogP) is 3.49. The van der Waals surface area contributed by atoms with E-state index in [1.807, 2.05) is 6.92 Å². The number of carbonyl (C=O) groups excluding carboxylic acids is 3. The van der Waals surface area contributed by atoms with Crippen LogP contribution in [-0.4, -0.2) is 34.2 Å². The Morgan fingerprint density at radius 2 is 2.03 bits per heavy atom. The van der Waals surface area contributed by atoms with Crippen molar-refractivity contribution in [3.63, 3.8) is 0 Å². The average Bonchev–Trinajstić information content (AvgIpc) is 3.39. The fraction of sp³-hybridized carbons (Fsp3) is 0.429. The number of nitrogen functional groups attached to an aromatic ring is 1. The molecule has 0 spiro atoms. The van der Waals surface area contributed by atoms with Gasteiger partial charge >= 0.3 is 0 Å². The lowest BCUT2D eigenvalue weighted by atomic mass is 10.1. The first-order valence-corrected chi connectivity index (χ1v) is 11.5. The Morgan fingerprint density at radius 1 is 1.34 bits per heavy atom. The lowest BCUT2D eigenvalue weighted by molar-refractivity contribution is -0.123. The molecule has 1 unspecified atom stereocenters. The number of benzene rings is 1. The smallest absolute Gasteiger partial charge is 0.272 e. The van der Waals surface area contributed by atoms with Crippen LogP contribution in [0.3, 0.4) is 0 Å². The second-order valence-corrected chi connectivity index (χ2v) is 8.89. The predicted molar refractivity (Wildman–Crippen MR) is 122 cm³/mol. The van der Waals surface area contributed by atoms with E-state index in [1.165, 1.54) is 17.0 Å². The summed E-state index contributed by atoms with van der Waals surface area (Å²) in [5.74, 6) is -2.47. The van der Waals surface area contributed by atoms with E-state index in [9.17, 15) is 18.8 Å². The van der Waals surface area contributed by atoms with Crippen molar-refractivity contribution in [1.82, 2.24) is 9.69 Å². The maximum absolute atomic E-state index is 13.8. The molecule has 0 bridgehead atoms. The van der Waals surface area contributed by atoms with Crippen LogP contribution in [0.1, 0.15) is 65.6 Å². The zero-order valence-electron chi connectivity index (χ0n) is 17.6. The molecule has 5 N–H and O–H groups in total. The molecule has 1 heterocycles. The number of nitrogens with zero attached hydrogens (tertiary/aromatic N) is 2. The van der Waals surface area contributed by atoms with Gasteiger partial charge in [-0.25, -0.2) is 4.39 Å². The summed E-state index contributed by atoms with van der Waals surface area (Å²) in [5.41, 5.74) is 11.1. The van der Waals surface area contributed by atoms with Crippen LogP contribution >= 0.6 is 23.1 Å². The molecule has 3 amide bonds. The zero-order valence-corrected chi connectivity index (χ0v) is 19.1. The number of rotatable bonds is 8. The van der Waals surface area contributed by atoms with Crippen molar-refractivity contribution in [2.24, 2.45) is 5.73 Å². The number of primary amides is 1. The van der Waals surface area contributed by atoms with Crippen LogP contribution in [0.5, 0.6) is 0 Å². The summed E-state index contributed by atoms with van der Waals surface area (Å²) in [6.07, 6.45) is 4.78. The molecular formula is C21H25ClFN5O3S. The number of nitrogens with two attached hydrogens (primary N) is 2. The molecule has 8 nitrogen and oxygen atoms in total. The second-order valence-electron chi connectivity index (χ2n) is 7.71. The topological polar surface area (TPSA) is 131 Å². The summed E-state index contributed by atoms with van der Waals surface area (Å²) in [6.45, 7) is 1.89. The minimum absolute atomic E-state index is 0.0333. The molecular weight excluding hydrogens is 457 g/mol. The number of aromatic nitrogens is 1. The summed E-state index contributed by atoms with van der Waals surface area (Å²) < 4.78 is 17.7. The minimum Gasteiger partial charge on any atom is -0.395 e. The molecule has 32 heavy (non-hydrogen) atoms. The molecule has 1 aliphatic rings. The fourth-order valence-corrected chi connectivity index (χ4v) is 4.75. The van der Waals surface area contributed by atoms with Gasteiger partial charge in [-0.1, -0.05) is 37.8 Å². The van der Waals surface area contributed by atoms with Crippen LogP contribution in [0.2, 0.25) is 5.02 Å². The molecule has 11 heteroatoms. The molecule has 1 atom stereocenters. The fourth-order valence-electron chi connectivity index (χ4n) is 3.83. The van der Waals surface area contributed by atoms with E-state index in [4.69, 9.17) is 23.1 Å². The molecule has 0 aliphatic heterocycles. The summed E-state index contributed by atoms with van der Waals surface area (Å²) in [5, 5.41) is 2.83. The van der Waals surface area contributed by atoms with Gasteiger partial charge in [0.15, 0.2) is 5.69 Å². The van der Waals surface area contributed by atoms with E-state index < -0.39 is 23.7 Å². The van der Waals surface area contributed by atoms with Gasteiger partial charge in [0.05, 0.1) is 10.7 Å². The van der Waals surface area contributed by atoms with E-state index >= 15 is 0 Å². The molecule has 0 radical (unpaired) electrons. The maximum Gasteiger partial charge on any atom is 0.272 e. The van der Waals surface area contributed by atoms with Gasteiger partial charge in [0.2, 0.25) is 5.91 Å². The average molecular weight is 482 g/mol. The normalized spacial score (nSPS) is 14.8. The van der Waals surface area contributed by atoms with E-state index in [2.05, 4.69) is 9.69 Å². The number of hydrogen-bond acceptors (Lipinski definition) is 6. The number of hydrogen-bond donors (Lipinski definition) is 3. The van der Waals surface area contributed by atoms with Gasteiger partial charge in [-0.05, 0) is 49.0 Å². The summed E-state index contributed by atoms with van der Waals surface area (Å²) >= 11 is 6.69. The number of halogens is 2. The Balaban J connectivity index is 2.05. The first-order valence-electron chi connectivity index (χ1n) is 10.4. The first-order chi connectivity index (χ1) is 15.2. The number of carbonyl (C=O) groups is 3. The Labute approximate surface area is 194 Å². The third kappa shape index (κ3) is 5.02. The molecule has 1 aromatic carbocycles. The molecule has 172 valence electrons. The third-order valence-electron chi connectivity index (χ3n) is 5.43. The molecule has 1 aliphatic carbocycles. The van der Waals surface area contributed by atoms with Crippen molar-refractivity contribution in [3.05, 3.63) is 39.6 Å². The minimum atomic E-state index is -0.895. The van der Waals surface area contributed by atoms with Gasteiger partial charge in [0.25, 0.3) is 11.8 Å². The van der Waals surface area contributed by atoms with Crippen molar-refractivity contribution in [2.45, 2.75) is 57.5 Å². The summed E-state index contributed by atoms with van der Waals surface area (Å²) in [4.78, 5) is 39.6. The molecule has 3 rings (SSSR count). The van der Waals surface area contributed by atoms with Gasteiger partial charge < -0.3 is 16.8 Å². The van der Waals surface area contributed by atoms with E-state index in [1.54, 1.807) is 0 Å². The van der Waals surface area contributed by atoms with Crippen molar-refractivity contribution >= 4 is 52.2 Å². The van der Waals surface area contributed by atoms with Gasteiger partial charge in [-0.15, -0.1) is 0 Å². The van der Waals surface area contributed by atoms with Gasteiger partial charge in [0.1, 0.15) is 16.7 Å². The quantitative estimate of drug-likeness (QED) is 0.531. The second kappa shape index (κ2) is 10.3. The molecule has 1 fully saturated rings. The Bertz CT molecular complexity index is 1020. The van der Waals surface area contributed by atoms with Gasteiger partial charge in [-0.3, -0.25) is 19.3 Å². The van der Waals surface area contributed by atoms with Crippen LogP contribution in [-0.2, 0) is 4.79 Å². The summed E-state index contributed by atoms with van der Waals surface area (Å²) in [7, 11) is 0. The molecule has 0 saturated heterocycles. The van der Waals surface area contributed by atoms with Crippen LogP contribution in [0.4, 0.5) is 15.8 Å². The van der Waals surface area contributed by atoms with E-state index in [0.29, 0.717) is 12.8 Å². The summed E-state index contributed by atoms with van der Waals surface area (Å²) in [6, 6.07) is 2.93. The van der Waals surface area contributed by atoms with Crippen molar-refractivity contribution < 1.29 is 18.8 Å². The standard InChI is InChI=1S/C21H25ClFN5O3S/c1-2-5-15(20(30)26-11-6-3-4-7-11)28(12-8-9-14(23)13(22)10-12)21(31)18-16(24)17(19(25)29)27-32-18/h8-11,15H,2-7,24H2,1H3,(H2,25,29)(H,26,30). The SMILES string of the molecule is CCCC(C(=O)NC1CCCC1)N(C(=O)c1snc(C(N)=O)c1N)c1ccc(F)c(Cl)c1. The highest BCUT2D eigenvalue weighted by molar-refractivity contribution is 7.09. The van der Waals surface area contributed by atoms with Crippen LogP contribution in [0, 0.1) is 5.82 Å². The molecule has 1 aromatic heterocycles. The number of anilines is 2. The molecule has 2 aromatic rings. The lowest BCUT2D eigenvalue weighted by Gasteiger charge is -2.31. The van der Waals surface area contributed by atoms with Crippen molar-refractivity contribution in [2.75, 3.05) is 10.6 Å². The maximum atomic E-state index is 13.8. The Hall–Kier alpha value is -2.72. The first kappa shape index (κ1) is 23.9. The van der Waals surface area contributed by atoms with E-state index in [-0.39, 0.29) is 38.9 Å². The van der Waals surface area contributed by atoms with Crippen LogP contribution in [0.15, 0.2) is 18.2 Å². The highest BCUT2D eigenvalue weighted by atomic mass is 35.5. The highest BCUT2D eigenvalue weighted by Gasteiger charge is 2.35. The van der Waals surface area contributed by atoms with Crippen LogP contribution < -0.4 is 21.7 Å². The Morgan fingerprint density at radius 3 is 2.59 bits per heavy atom. The van der Waals surface area contributed by atoms with Gasteiger partial charge in [0, 0.05) is 11.7 Å². The van der Waals surface area contributed by atoms with Gasteiger partial charge in [-0.2, -0.15) is 4.37 Å². The number of nitrogens with one attached hydrogen (secondary N) is 1.